The van der Waals surface area contributed by atoms with E-state index in [1.807, 2.05) is 0 Å². The number of anilines is 1. The lowest BCUT2D eigenvalue weighted by Crippen LogP contribution is -2.19. The fraction of sp³-hybridized carbons (Fsp3) is 0.273. The van der Waals surface area contributed by atoms with Crippen LogP contribution in [0.3, 0.4) is 0 Å². The van der Waals surface area contributed by atoms with Crippen LogP contribution in [0.15, 0.2) is 18.2 Å². The van der Waals surface area contributed by atoms with E-state index in [0.29, 0.717) is 0 Å². The zero-order chi connectivity index (χ0) is 13.7. The van der Waals surface area contributed by atoms with Gasteiger partial charge in [-0.05, 0) is 25.1 Å². The van der Waals surface area contributed by atoms with Crippen molar-refractivity contribution in [2.24, 2.45) is 0 Å². The first-order valence-electron chi connectivity index (χ1n) is 4.99. The first-order valence-corrected chi connectivity index (χ1v) is 6.42. The highest BCUT2D eigenvalue weighted by Crippen LogP contribution is 2.19. The van der Waals surface area contributed by atoms with E-state index in [4.69, 9.17) is 16.7 Å². The van der Waals surface area contributed by atoms with Gasteiger partial charge in [0.25, 0.3) is 0 Å². The lowest BCUT2D eigenvalue weighted by molar-refractivity contribution is -0.136. The molecule has 0 radical (unpaired) electrons. The molecule has 2 N–H and O–H groups in total. The molecule has 0 bridgehead atoms. The highest BCUT2D eigenvalue weighted by atomic mass is 35.5. The Balaban J connectivity index is 2.52. The standard InChI is InChI=1S/C11H11ClFNO3S/c1-6(11(16)17)18-5-10(15)14-9-3-2-7(12)4-8(9)13/h2-4,6H,5H2,1H3,(H,14,15)(H,16,17). The number of carbonyl (C=O) groups excluding carboxylic acids is 1. The van der Waals surface area contributed by atoms with Gasteiger partial charge in [0.1, 0.15) is 5.82 Å². The quantitative estimate of drug-likeness (QED) is 0.875. The fourth-order valence-corrected chi connectivity index (χ4v) is 1.82. The summed E-state index contributed by atoms with van der Waals surface area (Å²) in [6.07, 6.45) is 0. The molecule has 18 heavy (non-hydrogen) atoms. The summed E-state index contributed by atoms with van der Waals surface area (Å²) in [6.45, 7) is 1.48. The van der Waals surface area contributed by atoms with Crippen LogP contribution in [0.4, 0.5) is 10.1 Å². The first-order chi connectivity index (χ1) is 8.40. The van der Waals surface area contributed by atoms with Gasteiger partial charge in [-0.2, -0.15) is 0 Å². The molecule has 0 saturated carbocycles. The number of nitrogens with one attached hydrogen (secondary N) is 1. The molecule has 0 aliphatic heterocycles. The summed E-state index contributed by atoms with van der Waals surface area (Å²) in [5.74, 6) is -2.15. The van der Waals surface area contributed by atoms with Crippen LogP contribution in [0, 0.1) is 5.82 Å². The minimum absolute atomic E-state index is 0.0213. The SMILES string of the molecule is CC(SCC(=O)Nc1ccc(Cl)cc1F)C(=O)O. The van der Waals surface area contributed by atoms with Crippen LogP contribution in [-0.4, -0.2) is 28.0 Å². The van der Waals surface area contributed by atoms with Gasteiger partial charge in [0, 0.05) is 5.02 Å². The Bertz CT molecular complexity index is 470. The van der Waals surface area contributed by atoms with Gasteiger partial charge in [-0.1, -0.05) is 11.6 Å². The van der Waals surface area contributed by atoms with Crippen LogP contribution in [0.1, 0.15) is 6.92 Å². The van der Waals surface area contributed by atoms with E-state index in [1.165, 1.54) is 19.1 Å². The van der Waals surface area contributed by atoms with Crippen molar-refractivity contribution >= 4 is 40.9 Å². The molecular weight excluding hydrogens is 281 g/mol. The first kappa shape index (κ1) is 14.8. The lowest BCUT2D eigenvalue weighted by atomic mass is 10.3. The summed E-state index contributed by atoms with van der Waals surface area (Å²) in [6, 6.07) is 3.89. The molecule has 0 aliphatic carbocycles. The number of rotatable bonds is 5. The summed E-state index contributed by atoms with van der Waals surface area (Å²) >= 11 is 6.53. The van der Waals surface area contributed by atoms with Gasteiger partial charge >= 0.3 is 5.97 Å². The highest BCUT2D eigenvalue weighted by molar-refractivity contribution is 8.01. The van der Waals surface area contributed by atoms with Crippen LogP contribution in [0.25, 0.3) is 0 Å². The number of halogens is 2. The van der Waals surface area contributed by atoms with Gasteiger partial charge in [0.05, 0.1) is 16.7 Å². The van der Waals surface area contributed by atoms with Gasteiger partial charge < -0.3 is 10.4 Å². The number of amides is 1. The maximum Gasteiger partial charge on any atom is 0.316 e. The average molecular weight is 292 g/mol. The van der Waals surface area contributed by atoms with Crippen LogP contribution in [-0.2, 0) is 9.59 Å². The minimum atomic E-state index is -0.995. The Morgan fingerprint density at radius 3 is 2.78 bits per heavy atom. The Hall–Kier alpha value is -1.27. The van der Waals surface area contributed by atoms with E-state index < -0.39 is 22.9 Å². The topological polar surface area (TPSA) is 66.4 Å². The third-order valence-electron chi connectivity index (χ3n) is 2.02. The number of carboxylic acids is 1. The molecule has 4 nitrogen and oxygen atoms in total. The minimum Gasteiger partial charge on any atom is -0.480 e. The second-order valence-electron chi connectivity index (χ2n) is 3.46. The molecule has 1 rings (SSSR count). The number of hydrogen-bond acceptors (Lipinski definition) is 3. The summed E-state index contributed by atoms with van der Waals surface area (Å²) < 4.78 is 13.3. The molecule has 1 atom stereocenters. The smallest absolute Gasteiger partial charge is 0.316 e. The predicted octanol–water partition coefficient (Wildman–Crippen LogP) is 2.62. The summed E-state index contributed by atoms with van der Waals surface area (Å²) in [7, 11) is 0. The summed E-state index contributed by atoms with van der Waals surface area (Å²) in [4.78, 5) is 22.0. The Morgan fingerprint density at radius 2 is 2.22 bits per heavy atom. The highest BCUT2D eigenvalue weighted by Gasteiger charge is 2.14. The number of aliphatic carboxylic acids is 1. The second-order valence-corrected chi connectivity index (χ2v) is 5.23. The van der Waals surface area contributed by atoms with Gasteiger partial charge in [-0.15, -0.1) is 11.8 Å². The zero-order valence-electron chi connectivity index (χ0n) is 9.44. The average Bonchev–Trinajstić information content (AvgIpc) is 2.29. The largest absolute Gasteiger partial charge is 0.480 e. The normalized spacial score (nSPS) is 11.9. The molecule has 7 heteroatoms. The molecule has 0 saturated heterocycles. The van der Waals surface area contributed by atoms with Crippen LogP contribution >= 0.6 is 23.4 Å². The number of benzene rings is 1. The summed E-state index contributed by atoms with van der Waals surface area (Å²) in [5.41, 5.74) is 0.0213. The Kier molecular flexibility index (Phi) is 5.43. The number of hydrogen-bond donors (Lipinski definition) is 2. The Labute approximate surface area is 113 Å². The van der Waals surface area contributed by atoms with E-state index >= 15 is 0 Å². The monoisotopic (exact) mass is 291 g/mol. The second kappa shape index (κ2) is 6.61. The van der Waals surface area contributed by atoms with Gasteiger partial charge in [0.2, 0.25) is 5.91 Å². The van der Waals surface area contributed by atoms with Crippen molar-refractivity contribution in [2.75, 3.05) is 11.1 Å². The molecule has 0 fully saturated rings. The van der Waals surface area contributed by atoms with E-state index in [1.54, 1.807) is 0 Å². The van der Waals surface area contributed by atoms with Crippen molar-refractivity contribution < 1.29 is 19.1 Å². The molecule has 1 unspecified atom stereocenters. The van der Waals surface area contributed by atoms with Crippen LogP contribution < -0.4 is 5.32 Å². The molecule has 98 valence electrons. The number of thioether (sulfide) groups is 1. The van der Waals surface area contributed by atoms with Crippen LogP contribution in [0.5, 0.6) is 0 Å². The zero-order valence-corrected chi connectivity index (χ0v) is 11.0. The predicted molar refractivity (Wildman–Crippen MR) is 69.6 cm³/mol. The van der Waals surface area contributed by atoms with Gasteiger partial charge in [-0.3, -0.25) is 9.59 Å². The third kappa shape index (κ3) is 4.54. The van der Waals surface area contributed by atoms with Crippen molar-refractivity contribution in [3.05, 3.63) is 29.0 Å². The van der Waals surface area contributed by atoms with Crippen molar-refractivity contribution in [3.63, 3.8) is 0 Å². The molecule has 1 aromatic carbocycles. The van der Waals surface area contributed by atoms with Gasteiger partial charge in [0.15, 0.2) is 0 Å². The fourth-order valence-electron chi connectivity index (χ4n) is 1.05. The molecule has 1 amide bonds. The Morgan fingerprint density at radius 1 is 1.56 bits per heavy atom. The van der Waals surface area contributed by atoms with Crippen LogP contribution in [0.2, 0.25) is 5.02 Å². The molecular formula is C11H11ClFNO3S. The molecule has 0 aliphatic rings. The molecule has 0 aromatic heterocycles. The third-order valence-corrected chi connectivity index (χ3v) is 3.38. The van der Waals surface area contributed by atoms with Crippen molar-refractivity contribution in [1.29, 1.82) is 0 Å². The number of carbonyl (C=O) groups is 2. The van der Waals surface area contributed by atoms with E-state index in [0.717, 1.165) is 17.8 Å². The summed E-state index contributed by atoms with van der Waals surface area (Å²) in [5, 5.41) is 10.5. The maximum absolute atomic E-state index is 13.3. The van der Waals surface area contributed by atoms with Gasteiger partial charge in [-0.25, -0.2) is 4.39 Å². The molecule has 1 aromatic rings. The lowest BCUT2D eigenvalue weighted by Gasteiger charge is -2.08. The van der Waals surface area contributed by atoms with Crippen molar-refractivity contribution in [3.8, 4) is 0 Å². The molecule has 0 heterocycles. The van der Waals surface area contributed by atoms with Crippen molar-refractivity contribution in [1.82, 2.24) is 0 Å². The van der Waals surface area contributed by atoms with E-state index in [9.17, 15) is 14.0 Å². The maximum atomic E-state index is 13.3. The van der Waals surface area contributed by atoms with Crippen molar-refractivity contribution in [2.45, 2.75) is 12.2 Å². The van der Waals surface area contributed by atoms with E-state index in [-0.39, 0.29) is 16.5 Å². The molecule has 0 spiro atoms. The van der Waals surface area contributed by atoms with E-state index in [2.05, 4.69) is 5.32 Å². The number of carboxylic acid groups (broad SMARTS) is 1.